The van der Waals surface area contributed by atoms with Gasteiger partial charge in [-0.1, -0.05) is 11.3 Å². The lowest BCUT2D eigenvalue weighted by Gasteiger charge is -1.92. The smallest absolute Gasteiger partial charge is 0.305 e. The monoisotopic (exact) mass is 167 g/mol. The van der Waals surface area contributed by atoms with E-state index in [1.165, 1.54) is 11.3 Å². The minimum Gasteiger partial charge on any atom is -0.305 e. The average Bonchev–Trinajstić information content (AvgIpc) is 2.37. The third-order valence-corrected chi connectivity index (χ3v) is 1.99. The molecule has 1 heterocycles. The van der Waals surface area contributed by atoms with E-state index in [4.69, 9.17) is 0 Å². The van der Waals surface area contributed by atoms with Gasteiger partial charge in [-0.15, -0.1) is 11.8 Å². The van der Waals surface area contributed by atoms with Gasteiger partial charge in [0.2, 0.25) is 0 Å². The summed E-state index contributed by atoms with van der Waals surface area (Å²) in [6.07, 6.45) is 2.55. The maximum Gasteiger partial charge on any atom is 0.307 e. The predicted molar refractivity (Wildman–Crippen MR) is 46.6 cm³/mol. The molecule has 1 aromatic heterocycles. The Kier molecular flexibility index (Phi) is 2.94. The van der Waals surface area contributed by atoms with Gasteiger partial charge in [0.05, 0.1) is 0 Å². The minimum absolute atomic E-state index is 0.0999. The van der Waals surface area contributed by atoms with Crippen LogP contribution in [0, 0.1) is 11.8 Å². The van der Waals surface area contributed by atoms with Gasteiger partial charge in [-0.05, 0) is 6.92 Å². The quantitative estimate of drug-likeness (QED) is 0.609. The summed E-state index contributed by atoms with van der Waals surface area (Å²) >= 11 is 1.22. The van der Waals surface area contributed by atoms with Gasteiger partial charge < -0.3 is 4.57 Å². The minimum atomic E-state index is 0.0999. The Balaban J connectivity index is 2.56. The Morgan fingerprint density at radius 1 is 1.73 bits per heavy atom. The summed E-state index contributed by atoms with van der Waals surface area (Å²) in [5, 5.41) is 1.79. The Hall–Kier alpha value is -1.01. The van der Waals surface area contributed by atoms with E-state index in [1.54, 1.807) is 23.1 Å². The molecule has 1 aromatic rings. The van der Waals surface area contributed by atoms with E-state index in [1.807, 2.05) is 0 Å². The molecule has 0 N–H and O–H groups in total. The molecule has 11 heavy (non-hydrogen) atoms. The molecule has 0 saturated heterocycles. The number of aromatic nitrogens is 1. The molecule has 0 aromatic carbocycles. The summed E-state index contributed by atoms with van der Waals surface area (Å²) in [6.45, 7) is 2.51. The predicted octanol–water partition coefficient (Wildman–Crippen LogP) is 1.32. The van der Waals surface area contributed by atoms with Gasteiger partial charge in [-0.25, -0.2) is 0 Å². The first kappa shape index (κ1) is 8.09. The zero-order valence-corrected chi connectivity index (χ0v) is 7.15. The van der Waals surface area contributed by atoms with E-state index in [2.05, 4.69) is 11.8 Å². The first-order valence-electron chi connectivity index (χ1n) is 3.38. The largest absolute Gasteiger partial charge is 0.307 e. The summed E-state index contributed by atoms with van der Waals surface area (Å²) in [6, 6.07) is 0. The summed E-state index contributed by atoms with van der Waals surface area (Å²) < 4.78 is 1.68. The summed E-state index contributed by atoms with van der Waals surface area (Å²) in [4.78, 5) is 11.0. The van der Waals surface area contributed by atoms with Crippen LogP contribution >= 0.6 is 11.3 Å². The van der Waals surface area contributed by atoms with Crippen LogP contribution in [-0.4, -0.2) is 4.57 Å². The van der Waals surface area contributed by atoms with E-state index in [0.29, 0.717) is 6.54 Å². The number of hydrogen-bond donors (Lipinski definition) is 0. The molecule has 2 nitrogen and oxygen atoms in total. The van der Waals surface area contributed by atoms with Gasteiger partial charge in [0.15, 0.2) is 0 Å². The molecule has 0 spiro atoms. The van der Waals surface area contributed by atoms with Crippen LogP contribution in [-0.2, 0) is 6.54 Å². The highest BCUT2D eigenvalue weighted by Gasteiger charge is 1.92. The fraction of sp³-hybridized carbons (Fsp3) is 0.375. The molecule has 0 aliphatic heterocycles. The molecule has 0 unspecified atom stereocenters. The SMILES string of the molecule is CC#CCCn1ccsc1=O. The van der Waals surface area contributed by atoms with E-state index >= 15 is 0 Å². The third kappa shape index (κ3) is 2.24. The first-order chi connectivity index (χ1) is 5.34. The highest BCUT2D eigenvalue weighted by atomic mass is 32.1. The van der Waals surface area contributed by atoms with E-state index < -0.39 is 0 Å². The molecule has 0 bridgehead atoms. The number of nitrogens with zero attached hydrogens (tertiary/aromatic N) is 1. The van der Waals surface area contributed by atoms with E-state index in [0.717, 1.165) is 6.42 Å². The van der Waals surface area contributed by atoms with Crippen LogP contribution in [0.1, 0.15) is 13.3 Å². The second-order valence-electron chi connectivity index (χ2n) is 2.04. The van der Waals surface area contributed by atoms with Crippen molar-refractivity contribution in [2.45, 2.75) is 19.9 Å². The summed E-state index contributed by atoms with van der Waals surface area (Å²) in [7, 11) is 0. The van der Waals surface area contributed by atoms with Crippen LogP contribution in [0.2, 0.25) is 0 Å². The molecular formula is C8H9NOS. The molecule has 58 valence electrons. The lowest BCUT2D eigenvalue weighted by atomic mass is 10.4. The average molecular weight is 167 g/mol. The number of thiazole rings is 1. The molecule has 0 aliphatic rings. The van der Waals surface area contributed by atoms with Crippen molar-refractivity contribution in [1.82, 2.24) is 4.57 Å². The van der Waals surface area contributed by atoms with Gasteiger partial charge in [-0.2, -0.15) is 0 Å². The third-order valence-electron chi connectivity index (χ3n) is 1.30. The van der Waals surface area contributed by atoms with Crippen molar-refractivity contribution in [2.24, 2.45) is 0 Å². The Morgan fingerprint density at radius 3 is 3.09 bits per heavy atom. The van der Waals surface area contributed by atoms with Crippen molar-refractivity contribution in [3.8, 4) is 11.8 Å². The maximum atomic E-state index is 10.9. The molecule has 0 saturated carbocycles. The van der Waals surface area contributed by atoms with Gasteiger partial charge >= 0.3 is 4.87 Å². The second-order valence-corrected chi connectivity index (χ2v) is 2.90. The number of aryl methyl sites for hydroxylation is 1. The van der Waals surface area contributed by atoms with Gasteiger partial charge in [0.25, 0.3) is 0 Å². The van der Waals surface area contributed by atoms with Crippen molar-refractivity contribution in [3.05, 3.63) is 21.2 Å². The maximum absolute atomic E-state index is 10.9. The van der Waals surface area contributed by atoms with Crippen LogP contribution < -0.4 is 4.87 Å². The molecular weight excluding hydrogens is 158 g/mol. The Bertz CT molecular complexity index is 326. The van der Waals surface area contributed by atoms with Gasteiger partial charge in [-0.3, -0.25) is 4.79 Å². The van der Waals surface area contributed by atoms with Crippen molar-refractivity contribution >= 4 is 11.3 Å². The molecule has 0 aliphatic carbocycles. The molecule has 0 radical (unpaired) electrons. The number of hydrogen-bond acceptors (Lipinski definition) is 2. The van der Waals surface area contributed by atoms with Gasteiger partial charge in [0, 0.05) is 24.5 Å². The normalized spacial score (nSPS) is 8.82. The zero-order chi connectivity index (χ0) is 8.10. The standard InChI is InChI=1S/C8H9NOS/c1-2-3-4-5-9-6-7-11-8(9)10/h6-7H,4-5H2,1H3. The molecule has 0 amide bonds. The van der Waals surface area contributed by atoms with Crippen LogP contribution in [0.5, 0.6) is 0 Å². The Labute approximate surface area is 69.5 Å². The second kappa shape index (κ2) is 3.99. The zero-order valence-electron chi connectivity index (χ0n) is 6.33. The summed E-state index contributed by atoms with van der Waals surface area (Å²) in [5.74, 6) is 5.70. The fourth-order valence-corrected chi connectivity index (χ4v) is 1.37. The molecule has 0 atom stereocenters. The van der Waals surface area contributed by atoms with Crippen LogP contribution in [0.3, 0.4) is 0 Å². The lowest BCUT2D eigenvalue weighted by Crippen LogP contribution is -2.11. The molecule has 0 fully saturated rings. The summed E-state index contributed by atoms with van der Waals surface area (Å²) in [5.41, 5.74) is 0. The van der Waals surface area contributed by atoms with Crippen molar-refractivity contribution in [2.75, 3.05) is 0 Å². The lowest BCUT2D eigenvalue weighted by molar-refractivity contribution is 0.707. The van der Waals surface area contributed by atoms with Crippen LogP contribution in [0.25, 0.3) is 0 Å². The van der Waals surface area contributed by atoms with Crippen LogP contribution in [0.4, 0.5) is 0 Å². The Morgan fingerprint density at radius 2 is 2.55 bits per heavy atom. The van der Waals surface area contributed by atoms with Crippen molar-refractivity contribution < 1.29 is 0 Å². The highest BCUT2D eigenvalue weighted by Crippen LogP contribution is 1.90. The van der Waals surface area contributed by atoms with Gasteiger partial charge in [0.1, 0.15) is 0 Å². The van der Waals surface area contributed by atoms with Crippen LogP contribution in [0.15, 0.2) is 16.4 Å². The van der Waals surface area contributed by atoms with E-state index in [-0.39, 0.29) is 4.87 Å². The molecule has 1 rings (SSSR count). The number of rotatable bonds is 2. The fourth-order valence-electron chi connectivity index (χ4n) is 0.758. The first-order valence-corrected chi connectivity index (χ1v) is 4.26. The molecule has 3 heteroatoms. The van der Waals surface area contributed by atoms with Crippen molar-refractivity contribution in [3.63, 3.8) is 0 Å². The van der Waals surface area contributed by atoms with E-state index in [9.17, 15) is 4.79 Å². The topological polar surface area (TPSA) is 22.0 Å². The highest BCUT2D eigenvalue weighted by molar-refractivity contribution is 7.07. The van der Waals surface area contributed by atoms with Crippen molar-refractivity contribution in [1.29, 1.82) is 0 Å².